The molecule has 0 saturated carbocycles. The fraction of sp³-hybridized carbons (Fsp3) is 0. The second-order valence-corrected chi connectivity index (χ2v) is 37.2. The highest BCUT2D eigenvalue weighted by molar-refractivity contribution is 7.27. The van der Waals surface area contributed by atoms with Crippen molar-refractivity contribution in [2.45, 2.75) is 0 Å². The van der Waals surface area contributed by atoms with Crippen molar-refractivity contribution in [2.75, 3.05) is 0 Å². The summed E-state index contributed by atoms with van der Waals surface area (Å²) in [4.78, 5) is 34.5. The largest absolute Gasteiger partial charge is 0.454 e. The first-order valence-electron chi connectivity index (χ1n) is 46.8. The molecular formula is C126H72N10OS. The molecule has 21 aromatic carbocycles. The van der Waals surface area contributed by atoms with E-state index >= 15 is 0 Å². The Labute approximate surface area is 791 Å². The van der Waals surface area contributed by atoms with Crippen LogP contribution in [-0.4, -0.2) is 48.2 Å². The minimum atomic E-state index is 0.523. The van der Waals surface area contributed by atoms with E-state index in [2.05, 4.69) is 455 Å². The van der Waals surface area contributed by atoms with Crippen LogP contribution in [0.5, 0.6) is 0 Å². The van der Waals surface area contributed by atoms with Crippen LogP contribution in [0.25, 0.3) is 296 Å². The number of thiophene rings is 1. The second-order valence-electron chi connectivity index (χ2n) is 36.1. The Bertz CT molecular complexity index is 10400. The third-order valence-corrected chi connectivity index (χ3v) is 29.9. The lowest BCUT2D eigenvalue weighted by atomic mass is 9.92. The third kappa shape index (κ3) is 11.2. The van der Waals surface area contributed by atoms with Crippen molar-refractivity contribution in [3.8, 4) is 102 Å². The van der Waals surface area contributed by atoms with Gasteiger partial charge in [-0.3, -0.25) is 9.13 Å². The van der Waals surface area contributed by atoms with Gasteiger partial charge in [-0.15, -0.1) is 11.3 Å². The van der Waals surface area contributed by atoms with Crippen molar-refractivity contribution in [1.82, 2.24) is 48.2 Å². The Morgan fingerprint density at radius 3 is 1.20 bits per heavy atom. The summed E-state index contributed by atoms with van der Waals surface area (Å²) in [5, 5.41) is 24.2. The Kier molecular flexibility index (Phi) is 16.3. The van der Waals surface area contributed by atoms with Gasteiger partial charge in [0.15, 0.2) is 11.4 Å². The molecule has 0 bridgehead atoms. The van der Waals surface area contributed by atoms with Crippen molar-refractivity contribution < 1.29 is 4.42 Å². The zero-order chi connectivity index (χ0) is 90.1. The number of hydrogen-bond acceptors (Lipinski definition) is 8. The highest BCUT2D eigenvalue weighted by Gasteiger charge is 2.31. The minimum Gasteiger partial charge on any atom is -0.454 e. The van der Waals surface area contributed by atoms with E-state index in [1.807, 2.05) is 11.3 Å². The fourth-order valence-corrected chi connectivity index (χ4v) is 24.1. The van der Waals surface area contributed by atoms with Crippen LogP contribution in [0.2, 0.25) is 0 Å². The monoisotopic (exact) mass is 1770 g/mol. The first kappa shape index (κ1) is 76.2. The fourth-order valence-electron chi connectivity index (χ4n) is 22.9. The van der Waals surface area contributed by atoms with Crippen molar-refractivity contribution in [2.24, 2.45) is 0 Å². The summed E-state index contributed by atoms with van der Waals surface area (Å²) in [6.45, 7) is 0. The molecule has 0 fully saturated rings. The lowest BCUT2D eigenvalue weighted by Gasteiger charge is -2.17. The quantitative estimate of drug-likeness (QED) is 0.119. The highest BCUT2D eigenvalue weighted by atomic mass is 32.1. The zero-order valence-corrected chi connectivity index (χ0v) is 74.7. The van der Waals surface area contributed by atoms with Crippen LogP contribution in [0.15, 0.2) is 441 Å². The molecule has 0 unspecified atom stereocenters. The Hall–Kier alpha value is -18.4. The summed E-state index contributed by atoms with van der Waals surface area (Å²) in [5.74, 6) is 1.76. The summed E-state index contributed by atoms with van der Waals surface area (Å²) in [6, 6.07) is 158. The van der Waals surface area contributed by atoms with Gasteiger partial charge >= 0.3 is 0 Å². The van der Waals surface area contributed by atoms with E-state index < -0.39 is 0 Å². The van der Waals surface area contributed by atoms with E-state index in [4.69, 9.17) is 34.3 Å². The lowest BCUT2D eigenvalue weighted by molar-refractivity contribution is 0.671. The van der Waals surface area contributed by atoms with E-state index in [0.717, 1.165) is 231 Å². The average Bonchev–Trinajstić information content (AvgIpc) is 1.53. The highest BCUT2D eigenvalue weighted by Crippen LogP contribution is 2.53. The van der Waals surface area contributed by atoms with Gasteiger partial charge in [0, 0.05) is 130 Å². The molecule has 0 aliphatic rings. The van der Waals surface area contributed by atoms with Crippen LogP contribution in [0, 0.1) is 0 Å². The number of furan rings is 1. The van der Waals surface area contributed by atoms with Gasteiger partial charge in [0.05, 0.1) is 77.1 Å². The van der Waals surface area contributed by atoms with Gasteiger partial charge < -0.3 is 13.6 Å². The smallest absolute Gasteiger partial charge is 0.235 e. The van der Waals surface area contributed by atoms with Crippen molar-refractivity contribution in [1.29, 1.82) is 0 Å². The maximum atomic E-state index is 7.48. The van der Waals surface area contributed by atoms with Crippen molar-refractivity contribution in [3.63, 3.8) is 0 Å². The van der Waals surface area contributed by atoms with E-state index in [9.17, 15) is 0 Å². The lowest BCUT2D eigenvalue weighted by Crippen LogP contribution is -2.04. The van der Waals surface area contributed by atoms with Gasteiger partial charge in [-0.1, -0.05) is 346 Å². The molecule has 0 radical (unpaired) electrons. The van der Waals surface area contributed by atoms with Gasteiger partial charge in [-0.05, 0) is 146 Å². The number of benzene rings is 21. The number of hydrogen-bond donors (Lipinski definition) is 0. The molecule has 638 valence electrons. The molecule has 9 aromatic heterocycles. The zero-order valence-electron chi connectivity index (χ0n) is 73.9. The maximum Gasteiger partial charge on any atom is 0.235 e. The third-order valence-electron chi connectivity index (χ3n) is 28.7. The summed E-state index contributed by atoms with van der Waals surface area (Å²) < 4.78 is 19.4. The molecule has 30 rings (SSSR count). The number of para-hydroxylation sites is 6. The van der Waals surface area contributed by atoms with Gasteiger partial charge in [0.1, 0.15) is 11.1 Å². The predicted molar refractivity (Wildman–Crippen MR) is 574 cm³/mol. The van der Waals surface area contributed by atoms with Crippen LogP contribution in [0.1, 0.15) is 0 Å². The van der Waals surface area contributed by atoms with E-state index in [1.165, 1.54) is 47.1 Å². The van der Waals surface area contributed by atoms with Gasteiger partial charge in [-0.25, -0.2) is 29.9 Å². The SMILES string of the molecule is c1ccc(-c2cc(-c3ccccc3)nc(-c3cc(-n4c5ccccc5c5ccccc54)cc(-n4c5ccccc5c5c(-c6cccc7c6ccc6c(-c8ccccc8)nc(-n8c9ccccc9c9c%10ccc(-c%11cccc%12c%11ccc%11c(-c%13ccccc%13)nc(-n%13c%14ccccc%14c%14c%15ccccc%15c%15c%16ccccc%16sc%15c%14%13)nc%11%12)cc%10c%10c%11ccccc%11oc%10c98)nc67)cccc54)c3)n2)cc1. The Morgan fingerprint density at radius 2 is 0.616 bits per heavy atom. The summed E-state index contributed by atoms with van der Waals surface area (Å²) in [6.07, 6.45) is 0. The summed E-state index contributed by atoms with van der Waals surface area (Å²) >= 11 is 1.85. The van der Waals surface area contributed by atoms with Crippen molar-refractivity contribution >= 4 is 206 Å². The van der Waals surface area contributed by atoms with E-state index in [-0.39, 0.29) is 0 Å². The molecule has 0 spiro atoms. The summed E-state index contributed by atoms with van der Waals surface area (Å²) in [5.41, 5.74) is 26.0. The Balaban J connectivity index is 0.609. The molecule has 0 aliphatic carbocycles. The average molecular weight is 1770 g/mol. The van der Waals surface area contributed by atoms with E-state index in [0.29, 0.717) is 17.7 Å². The minimum absolute atomic E-state index is 0.523. The summed E-state index contributed by atoms with van der Waals surface area (Å²) in [7, 11) is 0. The normalized spacial score (nSPS) is 12.2. The van der Waals surface area contributed by atoms with Crippen LogP contribution in [-0.2, 0) is 0 Å². The molecule has 30 aromatic rings. The maximum absolute atomic E-state index is 7.48. The molecule has 9 heterocycles. The number of rotatable bonds is 11. The van der Waals surface area contributed by atoms with Crippen LogP contribution in [0.3, 0.4) is 0 Å². The first-order chi connectivity index (χ1) is 68.5. The van der Waals surface area contributed by atoms with Gasteiger partial charge in [-0.2, -0.15) is 0 Å². The van der Waals surface area contributed by atoms with Crippen LogP contribution in [0.4, 0.5) is 0 Å². The van der Waals surface area contributed by atoms with Crippen LogP contribution >= 0.6 is 11.3 Å². The van der Waals surface area contributed by atoms with Gasteiger partial charge in [0.2, 0.25) is 11.9 Å². The van der Waals surface area contributed by atoms with E-state index in [1.54, 1.807) is 0 Å². The molecule has 12 heteroatoms. The van der Waals surface area contributed by atoms with Crippen LogP contribution < -0.4 is 0 Å². The second kappa shape index (κ2) is 29.6. The molecule has 11 nitrogen and oxygen atoms in total. The predicted octanol–water partition coefficient (Wildman–Crippen LogP) is 33.3. The number of fused-ring (bicyclic) bond motifs is 32. The topological polar surface area (TPSA) is 110 Å². The molecule has 0 N–H and O–H groups in total. The molecule has 0 aliphatic heterocycles. The first-order valence-corrected chi connectivity index (χ1v) is 47.6. The van der Waals surface area contributed by atoms with Crippen molar-refractivity contribution in [3.05, 3.63) is 437 Å². The molecule has 0 saturated heterocycles. The standard InChI is InChI=1S/C126H72N10OS/c1-5-32-73(33-6-1)101-72-102(74-34-7-2-8-35-74)128-124(127-101)78-68-79(133-103-54-22-15-40-85(103)86-41-16-23-55-104(86)133)71-80(69-78)134-105-56-24-17-44-93(105)111-87(51-31-59-108(111)134)82-50-30-53-92-84(82)65-67-99-116(75-36-9-3-10-37-75)129-125(131-119(92)99)135-106-57-25-18-45-94(106)112-90-63-62-77(70-100(90)114-96-47-20-27-60-109(96)137-122(114)120(112)135)81-49-29-52-91-83(81)64-66-98-117(76-38-11-4-12-39-76)130-126(132-118(91)98)136-107-58-26-19-46-95(107)113-88-42-13-14-43-89(88)115-97-48-21-28-61-110(97)138-123(115)121(113)136/h1-72H. The number of aromatic nitrogens is 10. The van der Waals surface area contributed by atoms with Gasteiger partial charge in [0.25, 0.3) is 0 Å². The molecular weight excluding hydrogens is 1700 g/mol. The molecule has 0 atom stereocenters. The Morgan fingerprint density at radius 1 is 0.210 bits per heavy atom. The molecule has 0 amide bonds. The molecule has 138 heavy (non-hydrogen) atoms. The number of nitrogens with zero attached hydrogens (tertiary/aromatic N) is 10.